The minimum absolute atomic E-state index is 0.0469. The second-order valence-corrected chi connectivity index (χ2v) is 10.7. The molecule has 3 heterocycles. The van der Waals surface area contributed by atoms with Gasteiger partial charge < -0.3 is 10.1 Å². The van der Waals surface area contributed by atoms with Crippen LogP contribution in [0.5, 0.6) is 5.75 Å². The van der Waals surface area contributed by atoms with Gasteiger partial charge in [-0.2, -0.15) is 0 Å². The number of anilines is 2. The number of fused-ring (bicyclic) bond motifs is 2. The highest BCUT2D eigenvalue weighted by Crippen LogP contribution is 2.36. The Bertz CT molecular complexity index is 1430. The van der Waals surface area contributed by atoms with Gasteiger partial charge in [0.1, 0.15) is 5.75 Å². The van der Waals surface area contributed by atoms with Gasteiger partial charge in [-0.15, -0.1) is 11.3 Å². The first-order chi connectivity index (χ1) is 16.2. The molecule has 10 nitrogen and oxygen atoms in total. The molecular weight excluding hydrogens is 480 g/mol. The Balaban J connectivity index is 1.29. The number of thiazole rings is 1. The smallest absolute Gasteiger partial charge is 0.262 e. The molecule has 174 valence electrons. The predicted molar refractivity (Wildman–Crippen MR) is 126 cm³/mol. The van der Waals surface area contributed by atoms with Crippen LogP contribution in [-0.2, 0) is 14.8 Å². The number of nitrogens with zero attached hydrogens (tertiary/aromatic N) is 2. The van der Waals surface area contributed by atoms with Crippen LogP contribution >= 0.6 is 11.3 Å². The molecular formula is C22H18N4O6S2. The van der Waals surface area contributed by atoms with E-state index in [1.165, 1.54) is 0 Å². The molecule has 2 aromatic carbocycles. The third kappa shape index (κ3) is 4.01. The highest BCUT2D eigenvalue weighted by molar-refractivity contribution is 7.92. The topological polar surface area (TPSA) is 135 Å². The van der Waals surface area contributed by atoms with Crippen LogP contribution in [0.15, 0.2) is 42.5 Å². The predicted octanol–water partition coefficient (Wildman–Crippen LogP) is 2.49. The van der Waals surface area contributed by atoms with Crippen LogP contribution in [0.4, 0.5) is 10.8 Å². The van der Waals surface area contributed by atoms with Crippen LogP contribution in [0, 0.1) is 6.92 Å². The maximum atomic E-state index is 12.7. The third-order valence-electron chi connectivity index (χ3n) is 5.39. The second-order valence-electron chi connectivity index (χ2n) is 7.70. The van der Waals surface area contributed by atoms with Crippen molar-refractivity contribution in [3.8, 4) is 17.0 Å². The Hall–Kier alpha value is -3.77. The quantitative estimate of drug-likeness (QED) is 0.499. The van der Waals surface area contributed by atoms with Gasteiger partial charge in [0, 0.05) is 17.0 Å². The highest BCUT2D eigenvalue weighted by atomic mass is 32.2. The summed E-state index contributed by atoms with van der Waals surface area (Å²) in [6.45, 7) is 1.48. The lowest BCUT2D eigenvalue weighted by atomic mass is 10.1. The van der Waals surface area contributed by atoms with Gasteiger partial charge in [-0.25, -0.2) is 13.4 Å². The minimum Gasteiger partial charge on any atom is -0.482 e. The highest BCUT2D eigenvalue weighted by Gasteiger charge is 2.35. The van der Waals surface area contributed by atoms with E-state index in [0.717, 1.165) is 21.1 Å². The average Bonchev–Trinajstić information content (AvgIpc) is 3.28. The number of carbonyl (C=O) groups excluding carboxylic acids is 3. The van der Waals surface area contributed by atoms with Gasteiger partial charge >= 0.3 is 0 Å². The lowest BCUT2D eigenvalue weighted by Crippen LogP contribution is -2.35. The lowest BCUT2D eigenvalue weighted by molar-refractivity contribution is -0.118. The van der Waals surface area contributed by atoms with Crippen molar-refractivity contribution in [1.82, 2.24) is 9.88 Å². The van der Waals surface area contributed by atoms with E-state index in [2.05, 4.69) is 15.0 Å². The van der Waals surface area contributed by atoms with Crippen molar-refractivity contribution in [3.63, 3.8) is 0 Å². The van der Waals surface area contributed by atoms with Crippen molar-refractivity contribution in [2.45, 2.75) is 6.92 Å². The van der Waals surface area contributed by atoms with Crippen LogP contribution in [0.25, 0.3) is 11.3 Å². The summed E-state index contributed by atoms with van der Waals surface area (Å²) in [7, 11) is -3.89. The molecule has 0 spiro atoms. The summed E-state index contributed by atoms with van der Waals surface area (Å²) >= 11 is 1.16. The van der Waals surface area contributed by atoms with Gasteiger partial charge in [-0.1, -0.05) is 12.1 Å². The number of aromatic nitrogens is 1. The molecule has 3 amide bonds. The standard InChI is InChI=1S/C22H18N4O6S2/c1-12-19(13-6-7-17-16(10-13)23-18(27)11-32-17)24-22(33-12)25-34(30,31)9-8-26-20(28)14-4-2-3-5-15(14)21(26)29/h2-7,10H,8-9,11H2,1H3,(H,23,27)(H,24,25). The fourth-order valence-corrected chi connectivity index (χ4v) is 5.85. The molecule has 2 aliphatic rings. The molecule has 2 aliphatic heterocycles. The van der Waals surface area contributed by atoms with Crippen LogP contribution in [0.1, 0.15) is 25.6 Å². The molecule has 3 aromatic rings. The zero-order valence-corrected chi connectivity index (χ0v) is 19.5. The van der Waals surface area contributed by atoms with Crippen molar-refractivity contribution in [2.24, 2.45) is 0 Å². The van der Waals surface area contributed by atoms with E-state index in [0.29, 0.717) is 22.7 Å². The summed E-state index contributed by atoms with van der Waals surface area (Å²) in [5.74, 6) is -1.19. The zero-order chi connectivity index (χ0) is 24.0. The summed E-state index contributed by atoms with van der Waals surface area (Å²) in [6, 6.07) is 11.6. The maximum Gasteiger partial charge on any atom is 0.262 e. The maximum absolute atomic E-state index is 12.7. The van der Waals surface area contributed by atoms with Crippen molar-refractivity contribution >= 4 is 49.9 Å². The molecule has 0 saturated heterocycles. The molecule has 12 heteroatoms. The molecule has 0 aliphatic carbocycles. The number of nitrogens with one attached hydrogen (secondary N) is 2. The summed E-state index contributed by atoms with van der Waals surface area (Å²) in [6.07, 6.45) is 0. The van der Waals surface area contributed by atoms with Crippen LogP contribution in [-0.4, -0.2) is 54.9 Å². The number of sulfonamides is 1. The first-order valence-electron chi connectivity index (χ1n) is 10.2. The number of imide groups is 1. The molecule has 0 atom stereocenters. The largest absolute Gasteiger partial charge is 0.482 e. The van der Waals surface area contributed by atoms with Gasteiger partial charge in [0.2, 0.25) is 10.0 Å². The number of benzene rings is 2. The molecule has 0 fully saturated rings. The zero-order valence-electron chi connectivity index (χ0n) is 17.8. The number of hydrogen-bond acceptors (Lipinski definition) is 8. The van der Waals surface area contributed by atoms with Crippen molar-refractivity contribution < 1.29 is 27.5 Å². The molecule has 5 rings (SSSR count). The van der Waals surface area contributed by atoms with Crippen LogP contribution in [0.3, 0.4) is 0 Å². The summed E-state index contributed by atoms with van der Waals surface area (Å²) < 4.78 is 33.1. The summed E-state index contributed by atoms with van der Waals surface area (Å²) in [5.41, 5.74) is 2.30. The van der Waals surface area contributed by atoms with E-state index < -0.39 is 27.6 Å². The SMILES string of the molecule is Cc1sc(NS(=O)(=O)CCN2C(=O)c3ccccc3C2=O)nc1-c1ccc2c(c1)NC(=O)CO2. The van der Waals surface area contributed by atoms with Gasteiger partial charge in [-0.3, -0.25) is 24.0 Å². The number of rotatable bonds is 6. The fourth-order valence-electron chi connectivity index (χ4n) is 3.78. The Morgan fingerprint density at radius 2 is 1.82 bits per heavy atom. The Morgan fingerprint density at radius 3 is 2.53 bits per heavy atom. The number of aryl methyl sites for hydroxylation is 1. The monoisotopic (exact) mass is 498 g/mol. The van der Waals surface area contributed by atoms with Gasteiger partial charge in [0.25, 0.3) is 17.7 Å². The van der Waals surface area contributed by atoms with Crippen molar-refractivity contribution in [3.05, 3.63) is 58.5 Å². The third-order valence-corrected chi connectivity index (χ3v) is 7.63. The Kier molecular flexibility index (Phi) is 5.33. The van der Waals surface area contributed by atoms with Gasteiger partial charge in [0.05, 0.1) is 28.3 Å². The second kappa shape index (κ2) is 8.22. The molecule has 0 saturated carbocycles. The normalized spacial score (nSPS) is 15.0. The van der Waals surface area contributed by atoms with Crippen LogP contribution in [0.2, 0.25) is 0 Å². The number of hydrogen-bond donors (Lipinski definition) is 2. The molecule has 0 bridgehead atoms. The average molecular weight is 499 g/mol. The fraction of sp³-hybridized carbons (Fsp3) is 0.182. The first kappa shape index (κ1) is 22.0. The van der Waals surface area contributed by atoms with Crippen LogP contribution < -0.4 is 14.8 Å². The van der Waals surface area contributed by atoms with Crippen molar-refractivity contribution in [2.75, 3.05) is 28.9 Å². The minimum atomic E-state index is -3.89. The van der Waals surface area contributed by atoms with E-state index in [9.17, 15) is 22.8 Å². The van der Waals surface area contributed by atoms with E-state index in [-0.39, 0.29) is 35.3 Å². The summed E-state index contributed by atoms with van der Waals surface area (Å²) in [4.78, 5) is 42.6. The molecule has 2 N–H and O–H groups in total. The molecule has 34 heavy (non-hydrogen) atoms. The number of carbonyl (C=O) groups is 3. The van der Waals surface area contributed by atoms with E-state index in [4.69, 9.17) is 4.74 Å². The summed E-state index contributed by atoms with van der Waals surface area (Å²) in [5, 5.41) is 2.89. The Morgan fingerprint density at radius 1 is 1.12 bits per heavy atom. The molecule has 1 aromatic heterocycles. The van der Waals surface area contributed by atoms with Crippen molar-refractivity contribution in [1.29, 1.82) is 0 Å². The van der Waals surface area contributed by atoms with E-state index in [1.54, 1.807) is 49.4 Å². The molecule has 0 unspecified atom stereocenters. The van der Waals surface area contributed by atoms with E-state index >= 15 is 0 Å². The first-order valence-corrected chi connectivity index (χ1v) is 12.7. The van der Waals surface area contributed by atoms with E-state index in [1.807, 2.05) is 0 Å². The number of amides is 3. The van der Waals surface area contributed by atoms with Gasteiger partial charge in [-0.05, 0) is 37.3 Å². The van der Waals surface area contributed by atoms with Gasteiger partial charge in [0.15, 0.2) is 11.7 Å². The number of ether oxygens (including phenoxy) is 1. The molecule has 0 radical (unpaired) electrons. The Labute approximate surface area is 198 Å². The lowest BCUT2D eigenvalue weighted by Gasteiger charge is -2.18.